The number of rotatable bonds is 4. The standard InChI is InChI=1S/C13H16FN3O3/c14-10-7-9(3-4-11(10)17(19)20)16-12(18)13(8-15)5-1-2-6-13/h3-4,7H,1-2,5-6,8,15H2,(H,16,18). The molecule has 20 heavy (non-hydrogen) atoms. The number of nitrogens with one attached hydrogen (secondary N) is 1. The van der Waals surface area contributed by atoms with Gasteiger partial charge in [0, 0.05) is 24.4 Å². The van der Waals surface area contributed by atoms with Gasteiger partial charge in [0.25, 0.3) is 0 Å². The zero-order valence-electron chi connectivity index (χ0n) is 10.9. The number of hydrogen-bond donors (Lipinski definition) is 2. The maximum atomic E-state index is 13.5. The number of halogens is 1. The third-order valence-corrected chi connectivity index (χ3v) is 3.84. The minimum Gasteiger partial charge on any atom is -0.329 e. The van der Waals surface area contributed by atoms with Crippen LogP contribution in [-0.4, -0.2) is 17.4 Å². The Morgan fingerprint density at radius 3 is 2.60 bits per heavy atom. The highest BCUT2D eigenvalue weighted by Crippen LogP contribution is 2.38. The highest BCUT2D eigenvalue weighted by Gasteiger charge is 2.39. The molecule has 0 atom stereocenters. The summed E-state index contributed by atoms with van der Waals surface area (Å²) in [6.07, 6.45) is 3.31. The smallest absolute Gasteiger partial charge is 0.304 e. The van der Waals surface area contributed by atoms with Crippen molar-refractivity contribution in [1.29, 1.82) is 0 Å². The van der Waals surface area contributed by atoms with Crippen LogP contribution in [0.3, 0.4) is 0 Å². The second-order valence-electron chi connectivity index (χ2n) is 5.07. The molecule has 0 radical (unpaired) electrons. The molecular formula is C13H16FN3O3. The van der Waals surface area contributed by atoms with Crippen LogP contribution in [0.2, 0.25) is 0 Å². The summed E-state index contributed by atoms with van der Waals surface area (Å²) in [5.41, 5.74) is 4.69. The lowest BCUT2D eigenvalue weighted by Gasteiger charge is -2.25. The quantitative estimate of drug-likeness (QED) is 0.652. The fraction of sp³-hybridized carbons (Fsp3) is 0.462. The predicted molar refractivity (Wildman–Crippen MR) is 71.6 cm³/mol. The second-order valence-corrected chi connectivity index (χ2v) is 5.07. The van der Waals surface area contributed by atoms with Crippen LogP contribution in [0.5, 0.6) is 0 Å². The average molecular weight is 281 g/mol. The minimum absolute atomic E-state index is 0.206. The van der Waals surface area contributed by atoms with E-state index in [9.17, 15) is 19.3 Å². The number of nitro groups is 1. The van der Waals surface area contributed by atoms with E-state index in [2.05, 4.69) is 5.32 Å². The number of benzene rings is 1. The van der Waals surface area contributed by atoms with Gasteiger partial charge in [0.15, 0.2) is 0 Å². The number of anilines is 1. The fourth-order valence-corrected chi connectivity index (χ4v) is 2.57. The number of nitrogens with two attached hydrogens (primary N) is 1. The van der Waals surface area contributed by atoms with Crippen molar-refractivity contribution < 1.29 is 14.1 Å². The fourth-order valence-electron chi connectivity index (χ4n) is 2.57. The lowest BCUT2D eigenvalue weighted by Crippen LogP contribution is -2.40. The highest BCUT2D eigenvalue weighted by atomic mass is 19.1. The Bertz CT molecular complexity index is 542. The van der Waals surface area contributed by atoms with Gasteiger partial charge in [0.2, 0.25) is 11.7 Å². The first-order chi connectivity index (χ1) is 9.48. The molecule has 0 aliphatic heterocycles. The molecule has 1 amide bonds. The summed E-state index contributed by atoms with van der Waals surface area (Å²) in [7, 11) is 0. The van der Waals surface area contributed by atoms with Crippen LogP contribution in [0.1, 0.15) is 25.7 Å². The van der Waals surface area contributed by atoms with Crippen LogP contribution >= 0.6 is 0 Å². The van der Waals surface area contributed by atoms with Crippen LogP contribution in [0.15, 0.2) is 18.2 Å². The van der Waals surface area contributed by atoms with Crippen molar-refractivity contribution in [2.24, 2.45) is 11.1 Å². The van der Waals surface area contributed by atoms with E-state index in [0.717, 1.165) is 25.0 Å². The number of carbonyl (C=O) groups excluding carboxylic acids is 1. The van der Waals surface area contributed by atoms with E-state index in [0.29, 0.717) is 12.8 Å². The lowest BCUT2D eigenvalue weighted by molar-refractivity contribution is -0.387. The van der Waals surface area contributed by atoms with Gasteiger partial charge in [-0.1, -0.05) is 12.8 Å². The third kappa shape index (κ3) is 2.62. The van der Waals surface area contributed by atoms with Gasteiger partial charge in [0.05, 0.1) is 10.3 Å². The first-order valence-electron chi connectivity index (χ1n) is 6.44. The summed E-state index contributed by atoms with van der Waals surface area (Å²) in [6.45, 7) is 0.244. The molecule has 1 fully saturated rings. The Labute approximate surface area is 115 Å². The molecule has 0 saturated heterocycles. The Balaban J connectivity index is 2.16. The normalized spacial score (nSPS) is 16.9. The Kier molecular flexibility index (Phi) is 3.99. The van der Waals surface area contributed by atoms with Crippen LogP contribution in [0, 0.1) is 21.3 Å². The molecule has 1 aromatic rings. The van der Waals surface area contributed by atoms with Gasteiger partial charge in [0.1, 0.15) is 0 Å². The summed E-state index contributed by atoms with van der Waals surface area (Å²) < 4.78 is 13.5. The van der Waals surface area contributed by atoms with Crippen LogP contribution in [0.4, 0.5) is 15.8 Å². The summed E-state index contributed by atoms with van der Waals surface area (Å²) in [5.74, 6) is -1.22. The Morgan fingerprint density at radius 2 is 2.10 bits per heavy atom. The van der Waals surface area contributed by atoms with Gasteiger partial charge in [-0.2, -0.15) is 4.39 Å². The van der Waals surface area contributed by atoms with Crippen molar-refractivity contribution >= 4 is 17.3 Å². The van der Waals surface area contributed by atoms with Gasteiger partial charge < -0.3 is 11.1 Å². The van der Waals surface area contributed by atoms with E-state index in [1.54, 1.807) is 0 Å². The summed E-state index contributed by atoms with van der Waals surface area (Å²) in [5, 5.41) is 13.1. The monoisotopic (exact) mass is 281 g/mol. The van der Waals surface area contributed by atoms with Crippen molar-refractivity contribution in [2.75, 3.05) is 11.9 Å². The summed E-state index contributed by atoms with van der Waals surface area (Å²) in [6, 6.07) is 3.31. The maximum Gasteiger partial charge on any atom is 0.304 e. The largest absolute Gasteiger partial charge is 0.329 e. The molecule has 0 heterocycles. The minimum atomic E-state index is -0.971. The highest BCUT2D eigenvalue weighted by molar-refractivity contribution is 5.95. The lowest BCUT2D eigenvalue weighted by atomic mass is 9.85. The number of hydrogen-bond acceptors (Lipinski definition) is 4. The molecule has 0 bridgehead atoms. The molecule has 3 N–H and O–H groups in total. The van der Waals surface area contributed by atoms with Crippen molar-refractivity contribution in [2.45, 2.75) is 25.7 Å². The molecule has 0 aromatic heterocycles. The molecule has 7 heteroatoms. The third-order valence-electron chi connectivity index (χ3n) is 3.84. The Morgan fingerprint density at radius 1 is 1.45 bits per heavy atom. The van der Waals surface area contributed by atoms with Gasteiger partial charge in [-0.05, 0) is 18.9 Å². The molecule has 1 aliphatic carbocycles. The van der Waals surface area contributed by atoms with Crippen LogP contribution in [0.25, 0.3) is 0 Å². The van der Waals surface area contributed by atoms with E-state index >= 15 is 0 Å². The molecule has 6 nitrogen and oxygen atoms in total. The van der Waals surface area contributed by atoms with Crippen molar-refractivity contribution in [3.8, 4) is 0 Å². The topological polar surface area (TPSA) is 98.3 Å². The first kappa shape index (κ1) is 14.4. The molecule has 1 aromatic carbocycles. The molecule has 1 aliphatic rings. The van der Waals surface area contributed by atoms with E-state index in [1.165, 1.54) is 6.07 Å². The average Bonchev–Trinajstić information content (AvgIpc) is 2.88. The SMILES string of the molecule is NCC1(C(=O)Nc2ccc([N+](=O)[O-])c(F)c2)CCCC1. The van der Waals surface area contributed by atoms with E-state index in [-0.39, 0.29) is 18.1 Å². The van der Waals surface area contributed by atoms with E-state index < -0.39 is 21.8 Å². The second kappa shape index (κ2) is 5.54. The van der Waals surface area contributed by atoms with Crippen molar-refractivity contribution in [1.82, 2.24) is 0 Å². The van der Waals surface area contributed by atoms with Crippen molar-refractivity contribution in [3.63, 3.8) is 0 Å². The van der Waals surface area contributed by atoms with Gasteiger partial charge in [-0.25, -0.2) is 0 Å². The van der Waals surface area contributed by atoms with Gasteiger partial charge in [-0.3, -0.25) is 14.9 Å². The number of carbonyl (C=O) groups is 1. The predicted octanol–water partition coefficient (Wildman–Crippen LogP) is 2.19. The number of nitro benzene ring substituents is 1. The number of nitrogens with zero attached hydrogens (tertiary/aromatic N) is 1. The molecule has 0 unspecified atom stereocenters. The maximum absolute atomic E-state index is 13.5. The zero-order valence-corrected chi connectivity index (χ0v) is 10.9. The summed E-state index contributed by atoms with van der Waals surface area (Å²) >= 11 is 0. The molecule has 108 valence electrons. The van der Waals surface area contributed by atoms with Crippen LogP contribution < -0.4 is 11.1 Å². The molecule has 2 rings (SSSR count). The number of amides is 1. The zero-order chi connectivity index (χ0) is 14.8. The molecule has 0 spiro atoms. The van der Waals surface area contributed by atoms with Gasteiger partial charge >= 0.3 is 5.69 Å². The van der Waals surface area contributed by atoms with Crippen molar-refractivity contribution in [3.05, 3.63) is 34.1 Å². The molecular weight excluding hydrogens is 265 g/mol. The van der Waals surface area contributed by atoms with E-state index in [1.807, 2.05) is 0 Å². The Hall–Kier alpha value is -2.02. The van der Waals surface area contributed by atoms with Gasteiger partial charge in [-0.15, -0.1) is 0 Å². The molecule has 1 saturated carbocycles. The van der Waals surface area contributed by atoms with E-state index in [4.69, 9.17) is 5.73 Å². The van der Waals surface area contributed by atoms with Crippen LogP contribution in [-0.2, 0) is 4.79 Å². The first-order valence-corrected chi connectivity index (χ1v) is 6.44. The summed E-state index contributed by atoms with van der Waals surface area (Å²) in [4.78, 5) is 22.0.